The molecule has 0 radical (unpaired) electrons. The maximum absolute atomic E-state index is 12.3. The van der Waals surface area contributed by atoms with E-state index in [1.165, 1.54) is 10.4 Å². The topological polar surface area (TPSA) is 95.7 Å². The van der Waals surface area contributed by atoms with Crippen LogP contribution in [0.4, 0.5) is 5.69 Å². The van der Waals surface area contributed by atoms with Crippen LogP contribution in [-0.2, 0) is 16.8 Å². The van der Waals surface area contributed by atoms with E-state index in [4.69, 9.17) is 5.73 Å². The number of nitrogens with two attached hydrogens (primary N) is 1. The van der Waals surface area contributed by atoms with Gasteiger partial charge in [0.1, 0.15) is 5.75 Å². The number of nitrogens with one attached hydrogen (secondary N) is 1. The molecular weight excluding hydrogens is 278 g/mol. The summed E-state index contributed by atoms with van der Waals surface area (Å²) in [6.07, 6.45) is 2.82. The zero-order valence-corrected chi connectivity index (χ0v) is 12.4. The number of piperidine rings is 1. The van der Waals surface area contributed by atoms with E-state index in [2.05, 4.69) is 4.72 Å². The Kier molecular flexibility index (Phi) is 4.52. The molecule has 1 saturated heterocycles. The van der Waals surface area contributed by atoms with Gasteiger partial charge in [-0.05, 0) is 38.0 Å². The number of phenols is 1. The highest BCUT2D eigenvalue weighted by Gasteiger charge is 2.29. The van der Waals surface area contributed by atoms with Crippen molar-refractivity contribution in [2.45, 2.75) is 38.8 Å². The standard InChI is InChI=1S/C13H21N3O3S/c1-10-4-2-3-7-16(10)20(18,19)15-9-11-8-12(14)5-6-13(11)17/h5-6,8,10,15,17H,2-4,7,9,14H2,1H3. The first-order valence-electron chi connectivity index (χ1n) is 6.74. The molecule has 1 fully saturated rings. The quantitative estimate of drug-likeness (QED) is 0.574. The van der Waals surface area contributed by atoms with Gasteiger partial charge in [0.15, 0.2) is 0 Å². The molecule has 0 bridgehead atoms. The Labute approximate surface area is 119 Å². The molecule has 4 N–H and O–H groups in total. The molecule has 7 heteroatoms. The van der Waals surface area contributed by atoms with E-state index < -0.39 is 10.2 Å². The third kappa shape index (κ3) is 3.41. The van der Waals surface area contributed by atoms with Crippen molar-refractivity contribution in [3.8, 4) is 5.75 Å². The van der Waals surface area contributed by atoms with Crippen molar-refractivity contribution >= 4 is 15.9 Å². The highest BCUT2D eigenvalue weighted by molar-refractivity contribution is 7.87. The number of rotatable bonds is 4. The summed E-state index contributed by atoms with van der Waals surface area (Å²) in [7, 11) is -3.53. The van der Waals surface area contributed by atoms with Crippen LogP contribution in [-0.4, -0.2) is 30.4 Å². The monoisotopic (exact) mass is 299 g/mol. The average molecular weight is 299 g/mol. The Bertz CT molecular complexity index is 574. The summed E-state index contributed by atoms with van der Waals surface area (Å²) in [6.45, 7) is 2.48. The predicted molar refractivity (Wildman–Crippen MR) is 78.3 cm³/mol. The number of hydrogen-bond donors (Lipinski definition) is 3. The van der Waals surface area contributed by atoms with Gasteiger partial charge in [0.05, 0.1) is 0 Å². The summed E-state index contributed by atoms with van der Waals surface area (Å²) in [5.41, 5.74) is 6.59. The third-order valence-electron chi connectivity index (χ3n) is 3.60. The summed E-state index contributed by atoms with van der Waals surface area (Å²) >= 11 is 0. The first kappa shape index (κ1) is 15.1. The smallest absolute Gasteiger partial charge is 0.279 e. The highest BCUT2D eigenvalue weighted by Crippen LogP contribution is 2.22. The summed E-state index contributed by atoms with van der Waals surface area (Å²) in [4.78, 5) is 0. The van der Waals surface area contributed by atoms with E-state index in [0.29, 0.717) is 17.8 Å². The lowest BCUT2D eigenvalue weighted by atomic mass is 10.1. The van der Waals surface area contributed by atoms with Crippen LogP contribution >= 0.6 is 0 Å². The number of hydrogen-bond acceptors (Lipinski definition) is 4. The van der Waals surface area contributed by atoms with Crippen LogP contribution in [0, 0.1) is 0 Å². The van der Waals surface area contributed by atoms with Crippen LogP contribution in [0.15, 0.2) is 18.2 Å². The molecule has 1 aliphatic rings. The number of nitrogens with zero attached hydrogens (tertiary/aromatic N) is 1. The lowest BCUT2D eigenvalue weighted by Crippen LogP contribution is -2.47. The summed E-state index contributed by atoms with van der Waals surface area (Å²) in [6, 6.07) is 4.61. The van der Waals surface area contributed by atoms with Crippen LogP contribution in [0.3, 0.4) is 0 Å². The Morgan fingerprint density at radius 3 is 2.90 bits per heavy atom. The van der Waals surface area contributed by atoms with Crippen molar-refractivity contribution in [2.75, 3.05) is 12.3 Å². The maximum Gasteiger partial charge on any atom is 0.279 e. The molecule has 1 atom stereocenters. The summed E-state index contributed by atoms with van der Waals surface area (Å²) in [5, 5.41) is 9.69. The molecule has 1 aromatic carbocycles. The predicted octanol–water partition coefficient (Wildman–Crippen LogP) is 1.18. The second-order valence-corrected chi connectivity index (χ2v) is 6.88. The summed E-state index contributed by atoms with van der Waals surface area (Å²) < 4.78 is 28.5. The van der Waals surface area contributed by atoms with Crippen molar-refractivity contribution < 1.29 is 13.5 Å². The second-order valence-electron chi connectivity index (χ2n) is 5.17. The van der Waals surface area contributed by atoms with Crippen molar-refractivity contribution in [1.29, 1.82) is 0 Å². The second kappa shape index (κ2) is 5.99. The molecule has 0 amide bonds. The molecule has 0 spiro atoms. The Morgan fingerprint density at radius 2 is 2.20 bits per heavy atom. The Morgan fingerprint density at radius 1 is 1.45 bits per heavy atom. The van der Waals surface area contributed by atoms with Gasteiger partial charge < -0.3 is 10.8 Å². The number of aromatic hydroxyl groups is 1. The molecule has 1 heterocycles. The zero-order valence-electron chi connectivity index (χ0n) is 11.5. The molecule has 112 valence electrons. The van der Waals surface area contributed by atoms with Crippen LogP contribution in [0.1, 0.15) is 31.7 Å². The molecule has 20 heavy (non-hydrogen) atoms. The van der Waals surface area contributed by atoms with Gasteiger partial charge in [-0.2, -0.15) is 17.4 Å². The van der Waals surface area contributed by atoms with Crippen molar-refractivity contribution in [1.82, 2.24) is 9.03 Å². The van der Waals surface area contributed by atoms with Crippen LogP contribution in [0.2, 0.25) is 0 Å². The number of anilines is 1. The minimum absolute atomic E-state index is 0.00990. The first-order chi connectivity index (χ1) is 9.40. The Hall–Kier alpha value is -1.31. The minimum Gasteiger partial charge on any atom is -0.508 e. The van der Waals surface area contributed by atoms with Gasteiger partial charge in [-0.1, -0.05) is 6.42 Å². The fourth-order valence-electron chi connectivity index (χ4n) is 2.43. The van der Waals surface area contributed by atoms with Crippen LogP contribution in [0.25, 0.3) is 0 Å². The fourth-order valence-corrected chi connectivity index (χ4v) is 3.88. The van der Waals surface area contributed by atoms with Gasteiger partial charge in [-0.25, -0.2) is 0 Å². The lowest BCUT2D eigenvalue weighted by Gasteiger charge is -2.32. The van der Waals surface area contributed by atoms with Gasteiger partial charge in [0.2, 0.25) is 0 Å². The van der Waals surface area contributed by atoms with Crippen LogP contribution < -0.4 is 10.5 Å². The minimum atomic E-state index is -3.53. The van der Waals surface area contributed by atoms with E-state index in [-0.39, 0.29) is 18.3 Å². The van der Waals surface area contributed by atoms with E-state index >= 15 is 0 Å². The van der Waals surface area contributed by atoms with Crippen LogP contribution in [0.5, 0.6) is 5.75 Å². The first-order valence-corrected chi connectivity index (χ1v) is 8.18. The molecule has 0 saturated carbocycles. The molecule has 1 aliphatic heterocycles. The molecule has 0 aromatic heterocycles. The number of phenolic OH excluding ortho intramolecular Hbond substituents is 1. The molecular formula is C13H21N3O3S. The van der Waals surface area contributed by atoms with Gasteiger partial charge in [-0.15, -0.1) is 0 Å². The van der Waals surface area contributed by atoms with Gasteiger partial charge in [0.25, 0.3) is 10.2 Å². The third-order valence-corrected chi connectivity index (χ3v) is 5.27. The van der Waals surface area contributed by atoms with Crippen molar-refractivity contribution in [3.63, 3.8) is 0 Å². The van der Waals surface area contributed by atoms with E-state index in [1.807, 2.05) is 6.92 Å². The van der Waals surface area contributed by atoms with E-state index in [9.17, 15) is 13.5 Å². The van der Waals surface area contributed by atoms with E-state index in [1.54, 1.807) is 12.1 Å². The van der Waals surface area contributed by atoms with Gasteiger partial charge in [-0.3, -0.25) is 0 Å². The average Bonchev–Trinajstić information content (AvgIpc) is 2.40. The SMILES string of the molecule is CC1CCCCN1S(=O)(=O)NCc1cc(N)ccc1O. The van der Waals surface area contributed by atoms with Gasteiger partial charge >= 0.3 is 0 Å². The fraction of sp³-hybridized carbons (Fsp3) is 0.538. The Balaban J connectivity index is 2.07. The van der Waals surface area contributed by atoms with E-state index in [0.717, 1.165) is 19.3 Å². The molecule has 6 nitrogen and oxygen atoms in total. The largest absolute Gasteiger partial charge is 0.508 e. The number of nitrogen functional groups attached to an aromatic ring is 1. The summed E-state index contributed by atoms with van der Waals surface area (Å²) in [5.74, 6) is 0.0357. The molecule has 1 unspecified atom stereocenters. The highest BCUT2D eigenvalue weighted by atomic mass is 32.2. The van der Waals surface area contributed by atoms with Crippen molar-refractivity contribution in [2.24, 2.45) is 0 Å². The normalized spacial score (nSPS) is 20.9. The molecule has 1 aromatic rings. The zero-order chi connectivity index (χ0) is 14.8. The molecule has 0 aliphatic carbocycles. The lowest BCUT2D eigenvalue weighted by molar-refractivity contribution is 0.265. The number of benzene rings is 1. The van der Waals surface area contributed by atoms with Crippen molar-refractivity contribution in [3.05, 3.63) is 23.8 Å². The molecule has 2 rings (SSSR count). The maximum atomic E-state index is 12.3. The van der Waals surface area contributed by atoms with Gasteiger partial charge in [0, 0.05) is 30.4 Å².